The zero-order chi connectivity index (χ0) is 20.8. The predicted octanol–water partition coefficient (Wildman–Crippen LogP) is 2.40. The SMILES string of the molecule is COc1cccc(NC(=O)COc2ccc(C(=O)N(CC(=O)O)C3CC3)cc2)c1. The minimum Gasteiger partial charge on any atom is -0.497 e. The zero-order valence-electron chi connectivity index (χ0n) is 16.0. The van der Waals surface area contributed by atoms with E-state index in [1.807, 2.05) is 0 Å². The summed E-state index contributed by atoms with van der Waals surface area (Å²) in [6.07, 6.45) is 1.64. The van der Waals surface area contributed by atoms with Crippen LogP contribution in [-0.4, -0.2) is 54.1 Å². The van der Waals surface area contributed by atoms with Gasteiger partial charge in [0.05, 0.1) is 7.11 Å². The van der Waals surface area contributed by atoms with E-state index in [1.165, 1.54) is 4.90 Å². The van der Waals surface area contributed by atoms with E-state index in [-0.39, 0.29) is 31.0 Å². The highest BCUT2D eigenvalue weighted by molar-refractivity contribution is 5.96. The molecule has 1 aliphatic carbocycles. The second-order valence-electron chi connectivity index (χ2n) is 6.65. The summed E-state index contributed by atoms with van der Waals surface area (Å²) in [6, 6.07) is 13.3. The highest BCUT2D eigenvalue weighted by Gasteiger charge is 2.34. The van der Waals surface area contributed by atoms with Crippen molar-refractivity contribution in [3.8, 4) is 11.5 Å². The molecule has 0 saturated heterocycles. The number of nitrogens with one attached hydrogen (secondary N) is 1. The first-order valence-corrected chi connectivity index (χ1v) is 9.16. The van der Waals surface area contributed by atoms with Gasteiger partial charge in [-0.2, -0.15) is 0 Å². The number of hydrogen-bond acceptors (Lipinski definition) is 5. The summed E-state index contributed by atoms with van der Waals surface area (Å²) >= 11 is 0. The molecule has 0 spiro atoms. The lowest BCUT2D eigenvalue weighted by atomic mass is 10.2. The quantitative estimate of drug-likeness (QED) is 0.672. The van der Waals surface area contributed by atoms with Crippen LogP contribution in [0.3, 0.4) is 0 Å². The van der Waals surface area contributed by atoms with Crippen LogP contribution in [0.2, 0.25) is 0 Å². The van der Waals surface area contributed by atoms with Gasteiger partial charge in [0.1, 0.15) is 18.0 Å². The molecule has 0 radical (unpaired) electrons. The van der Waals surface area contributed by atoms with Crippen molar-refractivity contribution < 1.29 is 29.0 Å². The van der Waals surface area contributed by atoms with Crippen LogP contribution in [-0.2, 0) is 9.59 Å². The Kier molecular flexibility index (Phi) is 6.33. The normalized spacial score (nSPS) is 12.7. The lowest BCUT2D eigenvalue weighted by Gasteiger charge is -2.20. The molecule has 0 aliphatic heterocycles. The molecule has 2 amide bonds. The molecule has 2 aromatic rings. The molecule has 0 atom stereocenters. The van der Waals surface area contributed by atoms with Gasteiger partial charge >= 0.3 is 5.97 Å². The number of aliphatic carboxylic acids is 1. The van der Waals surface area contributed by atoms with Crippen LogP contribution in [0.1, 0.15) is 23.2 Å². The number of carbonyl (C=O) groups excluding carboxylic acids is 2. The third-order valence-corrected chi connectivity index (χ3v) is 4.38. The predicted molar refractivity (Wildman–Crippen MR) is 105 cm³/mol. The Morgan fingerprint density at radius 2 is 1.83 bits per heavy atom. The van der Waals surface area contributed by atoms with Crippen LogP contribution in [0, 0.1) is 0 Å². The molecule has 2 aromatic carbocycles. The molecule has 0 heterocycles. The van der Waals surface area contributed by atoms with E-state index in [1.54, 1.807) is 55.6 Å². The van der Waals surface area contributed by atoms with E-state index >= 15 is 0 Å². The second kappa shape index (κ2) is 9.09. The summed E-state index contributed by atoms with van der Waals surface area (Å²) in [5.41, 5.74) is 0.976. The summed E-state index contributed by atoms with van der Waals surface area (Å²) in [4.78, 5) is 36.9. The number of nitrogens with zero attached hydrogens (tertiary/aromatic N) is 1. The Labute approximate surface area is 168 Å². The molecule has 0 aromatic heterocycles. The van der Waals surface area contributed by atoms with E-state index in [4.69, 9.17) is 14.6 Å². The average Bonchev–Trinajstić information content (AvgIpc) is 3.55. The molecule has 1 aliphatic rings. The molecule has 3 rings (SSSR count). The highest BCUT2D eigenvalue weighted by Crippen LogP contribution is 2.28. The first-order chi connectivity index (χ1) is 14.0. The maximum atomic E-state index is 12.5. The number of anilines is 1. The maximum absolute atomic E-state index is 12.5. The molecule has 8 nitrogen and oxygen atoms in total. The zero-order valence-corrected chi connectivity index (χ0v) is 16.0. The standard InChI is InChI=1S/C21H22N2O6/c1-28-18-4-2-3-15(11-18)22-19(24)13-29-17-9-5-14(6-10-17)21(27)23(12-20(25)26)16-7-8-16/h2-6,9-11,16H,7-8,12-13H2,1H3,(H,22,24)(H,25,26). The number of rotatable bonds is 9. The van der Waals surface area contributed by atoms with Gasteiger partial charge in [-0.1, -0.05) is 6.07 Å². The number of hydrogen-bond donors (Lipinski definition) is 2. The van der Waals surface area contributed by atoms with Crippen molar-refractivity contribution >= 4 is 23.5 Å². The van der Waals surface area contributed by atoms with E-state index in [0.29, 0.717) is 22.7 Å². The lowest BCUT2D eigenvalue weighted by molar-refractivity contribution is -0.137. The molecule has 8 heteroatoms. The largest absolute Gasteiger partial charge is 0.497 e. The van der Waals surface area contributed by atoms with Crippen molar-refractivity contribution in [3.63, 3.8) is 0 Å². The number of benzene rings is 2. The molecule has 1 fully saturated rings. The van der Waals surface area contributed by atoms with Crippen LogP contribution in [0.15, 0.2) is 48.5 Å². The van der Waals surface area contributed by atoms with Gasteiger partial charge < -0.3 is 24.8 Å². The molecule has 152 valence electrons. The van der Waals surface area contributed by atoms with Gasteiger partial charge in [-0.25, -0.2) is 0 Å². The van der Waals surface area contributed by atoms with Crippen LogP contribution in [0.4, 0.5) is 5.69 Å². The number of carbonyl (C=O) groups is 3. The Bertz CT molecular complexity index is 892. The van der Waals surface area contributed by atoms with Crippen molar-refractivity contribution in [1.29, 1.82) is 0 Å². The minimum atomic E-state index is -1.03. The lowest BCUT2D eigenvalue weighted by Crippen LogP contribution is -2.37. The smallest absolute Gasteiger partial charge is 0.323 e. The molecule has 0 bridgehead atoms. The summed E-state index contributed by atoms with van der Waals surface area (Å²) in [6.45, 7) is -0.510. The van der Waals surface area contributed by atoms with Gasteiger partial charge in [-0.05, 0) is 49.2 Å². The molecule has 0 unspecified atom stereocenters. The first kappa shape index (κ1) is 20.2. The van der Waals surface area contributed by atoms with Crippen molar-refractivity contribution in [2.45, 2.75) is 18.9 Å². The molecule has 29 heavy (non-hydrogen) atoms. The van der Waals surface area contributed by atoms with Crippen molar-refractivity contribution in [2.75, 3.05) is 25.6 Å². The Balaban J connectivity index is 1.54. The first-order valence-electron chi connectivity index (χ1n) is 9.16. The van der Waals surface area contributed by atoms with Gasteiger partial charge in [0.2, 0.25) is 0 Å². The van der Waals surface area contributed by atoms with Crippen molar-refractivity contribution in [3.05, 3.63) is 54.1 Å². The van der Waals surface area contributed by atoms with Gasteiger partial charge in [-0.3, -0.25) is 14.4 Å². The van der Waals surface area contributed by atoms with Crippen molar-refractivity contribution in [1.82, 2.24) is 4.90 Å². The summed E-state index contributed by atoms with van der Waals surface area (Å²) in [5, 5.41) is 11.7. The number of ether oxygens (including phenoxy) is 2. The Morgan fingerprint density at radius 3 is 2.45 bits per heavy atom. The van der Waals surface area contributed by atoms with Gasteiger partial charge in [0.25, 0.3) is 11.8 Å². The van der Waals surface area contributed by atoms with Gasteiger partial charge in [-0.15, -0.1) is 0 Å². The van der Waals surface area contributed by atoms with E-state index in [9.17, 15) is 14.4 Å². The summed E-state index contributed by atoms with van der Waals surface area (Å²) < 4.78 is 10.6. The molecule has 1 saturated carbocycles. The molecule has 2 N–H and O–H groups in total. The Morgan fingerprint density at radius 1 is 1.10 bits per heavy atom. The van der Waals surface area contributed by atoms with Crippen LogP contribution < -0.4 is 14.8 Å². The monoisotopic (exact) mass is 398 g/mol. The topological polar surface area (TPSA) is 105 Å². The van der Waals surface area contributed by atoms with Crippen LogP contribution >= 0.6 is 0 Å². The third kappa shape index (κ3) is 5.71. The fraction of sp³-hybridized carbons (Fsp3) is 0.286. The summed E-state index contributed by atoms with van der Waals surface area (Å²) in [5.74, 6) is -0.630. The van der Waals surface area contributed by atoms with Crippen LogP contribution in [0.5, 0.6) is 11.5 Å². The fourth-order valence-corrected chi connectivity index (χ4v) is 2.80. The second-order valence-corrected chi connectivity index (χ2v) is 6.65. The van der Waals surface area contributed by atoms with Gasteiger partial charge in [0, 0.05) is 23.4 Å². The minimum absolute atomic E-state index is 0.00478. The third-order valence-electron chi connectivity index (χ3n) is 4.38. The number of carboxylic acid groups (broad SMARTS) is 1. The average molecular weight is 398 g/mol. The van der Waals surface area contributed by atoms with Crippen molar-refractivity contribution in [2.24, 2.45) is 0 Å². The van der Waals surface area contributed by atoms with Crippen LogP contribution in [0.25, 0.3) is 0 Å². The van der Waals surface area contributed by atoms with E-state index < -0.39 is 5.97 Å². The maximum Gasteiger partial charge on any atom is 0.323 e. The fourth-order valence-electron chi connectivity index (χ4n) is 2.80. The number of amides is 2. The highest BCUT2D eigenvalue weighted by atomic mass is 16.5. The van der Waals surface area contributed by atoms with E-state index in [2.05, 4.69) is 5.32 Å². The molecular formula is C21H22N2O6. The Hall–Kier alpha value is -3.55. The summed E-state index contributed by atoms with van der Waals surface area (Å²) in [7, 11) is 1.55. The number of carboxylic acids is 1. The van der Waals surface area contributed by atoms with Gasteiger partial charge in [0.15, 0.2) is 6.61 Å². The number of methoxy groups -OCH3 is 1. The molecular weight excluding hydrogens is 376 g/mol. The van der Waals surface area contributed by atoms with E-state index in [0.717, 1.165) is 12.8 Å².